The summed E-state index contributed by atoms with van der Waals surface area (Å²) in [6.45, 7) is 2.77. The number of nitrogens with zero attached hydrogens (tertiary/aromatic N) is 2. The Hall–Kier alpha value is 0.0400. The molecule has 0 unspecified atom stereocenters. The third-order valence-electron chi connectivity index (χ3n) is 1.68. The molecule has 0 spiro atoms. The smallest absolute Gasteiger partial charge is 0.128 e. The minimum Gasteiger partial charge on any atom is -0.317 e. The predicted molar refractivity (Wildman–Crippen MR) is 53.4 cm³/mol. The van der Waals surface area contributed by atoms with E-state index in [1.807, 2.05) is 4.57 Å². The molecule has 0 saturated heterocycles. The van der Waals surface area contributed by atoms with E-state index in [4.69, 9.17) is 11.6 Å². The van der Waals surface area contributed by atoms with Gasteiger partial charge >= 0.3 is 0 Å². The van der Waals surface area contributed by atoms with Gasteiger partial charge in [0.05, 0.1) is 12.7 Å². The van der Waals surface area contributed by atoms with Crippen LogP contribution in [0.5, 0.6) is 0 Å². The number of halogens is 3. The van der Waals surface area contributed by atoms with Gasteiger partial charge in [-0.15, -0.1) is 24.8 Å². The van der Waals surface area contributed by atoms with Crippen molar-refractivity contribution in [3.8, 4) is 0 Å². The molecule has 2 rings (SSSR count). The predicted octanol–water partition coefficient (Wildman–Crippen LogP) is 1.48. The number of hydrogen-bond acceptors (Lipinski definition) is 2. The van der Waals surface area contributed by atoms with E-state index in [1.165, 1.54) is 0 Å². The van der Waals surface area contributed by atoms with Crippen molar-refractivity contribution >= 4 is 36.4 Å². The highest BCUT2D eigenvalue weighted by atomic mass is 35.5. The molecule has 1 aliphatic heterocycles. The Labute approximate surface area is 88.3 Å². The van der Waals surface area contributed by atoms with E-state index in [9.17, 15) is 0 Å². The maximum Gasteiger partial charge on any atom is 0.128 e. The first-order valence-electron chi connectivity index (χ1n) is 3.28. The van der Waals surface area contributed by atoms with Gasteiger partial charge in [0.15, 0.2) is 0 Å². The lowest BCUT2D eigenvalue weighted by Crippen LogP contribution is -2.28. The Kier molecular flexibility index (Phi) is 4.94. The van der Waals surface area contributed by atoms with Crippen LogP contribution in [0.15, 0.2) is 6.20 Å². The minimum atomic E-state index is 0. The van der Waals surface area contributed by atoms with Crippen molar-refractivity contribution in [1.29, 1.82) is 0 Å². The standard InChI is InChI=1S/C6H8ClN3.2ClH/c7-5-3-9-6-4-8-1-2-10(5)6;;/h3,8H,1-2,4H2;2*1H. The number of rotatable bonds is 0. The third kappa shape index (κ3) is 2.04. The molecule has 0 amide bonds. The molecule has 0 atom stereocenters. The fourth-order valence-electron chi connectivity index (χ4n) is 1.16. The van der Waals surface area contributed by atoms with Gasteiger partial charge in [0.2, 0.25) is 0 Å². The first-order valence-corrected chi connectivity index (χ1v) is 3.66. The van der Waals surface area contributed by atoms with Crippen molar-refractivity contribution in [1.82, 2.24) is 14.9 Å². The number of fused-ring (bicyclic) bond motifs is 1. The van der Waals surface area contributed by atoms with E-state index in [0.717, 1.165) is 30.6 Å². The molecule has 1 aromatic heterocycles. The molecule has 0 aliphatic carbocycles. The molecule has 0 aromatic carbocycles. The lowest BCUT2D eigenvalue weighted by atomic mass is 10.4. The van der Waals surface area contributed by atoms with Crippen molar-refractivity contribution in [3.63, 3.8) is 0 Å². The Bertz CT molecular complexity index is 248. The molecule has 2 heterocycles. The van der Waals surface area contributed by atoms with Crippen LogP contribution in [0, 0.1) is 0 Å². The summed E-state index contributed by atoms with van der Waals surface area (Å²) in [5.74, 6) is 1.04. The van der Waals surface area contributed by atoms with Gasteiger partial charge in [0.1, 0.15) is 11.0 Å². The Morgan fingerprint density at radius 3 is 2.92 bits per heavy atom. The molecule has 0 saturated carbocycles. The monoisotopic (exact) mass is 229 g/mol. The average molecular weight is 231 g/mol. The fraction of sp³-hybridized carbons (Fsp3) is 0.500. The van der Waals surface area contributed by atoms with E-state index in [2.05, 4.69) is 10.3 Å². The molecule has 1 N–H and O–H groups in total. The molecule has 1 aliphatic rings. The highest BCUT2D eigenvalue weighted by Gasteiger charge is 2.10. The van der Waals surface area contributed by atoms with Gasteiger partial charge in [0, 0.05) is 13.1 Å². The average Bonchev–Trinajstić information content (AvgIpc) is 2.34. The highest BCUT2D eigenvalue weighted by Crippen LogP contribution is 2.12. The van der Waals surface area contributed by atoms with Crippen LogP contribution in [0.2, 0.25) is 5.15 Å². The third-order valence-corrected chi connectivity index (χ3v) is 1.99. The van der Waals surface area contributed by atoms with Crippen molar-refractivity contribution in [2.75, 3.05) is 6.54 Å². The number of imidazole rings is 1. The molecule has 12 heavy (non-hydrogen) atoms. The van der Waals surface area contributed by atoms with E-state index >= 15 is 0 Å². The first kappa shape index (κ1) is 12.0. The SMILES string of the molecule is Cl.Cl.Clc1cnc2n1CCNC2. The van der Waals surface area contributed by atoms with E-state index in [-0.39, 0.29) is 24.8 Å². The van der Waals surface area contributed by atoms with Gasteiger partial charge in [-0.2, -0.15) is 0 Å². The van der Waals surface area contributed by atoms with Crippen LogP contribution in [-0.4, -0.2) is 16.1 Å². The van der Waals surface area contributed by atoms with E-state index in [1.54, 1.807) is 6.20 Å². The Morgan fingerprint density at radius 2 is 2.25 bits per heavy atom. The lowest BCUT2D eigenvalue weighted by Gasteiger charge is -2.15. The van der Waals surface area contributed by atoms with Gasteiger partial charge < -0.3 is 9.88 Å². The van der Waals surface area contributed by atoms with Crippen LogP contribution in [-0.2, 0) is 13.1 Å². The molecule has 70 valence electrons. The summed E-state index contributed by atoms with van der Waals surface area (Å²) in [4.78, 5) is 4.12. The topological polar surface area (TPSA) is 29.9 Å². The molecule has 1 aromatic rings. The zero-order chi connectivity index (χ0) is 6.97. The van der Waals surface area contributed by atoms with Gasteiger partial charge in [-0.25, -0.2) is 4.98 Å². The second-order valence-electron chi connectivity index (χ2n) is 2.33. The molecule has 0 fully saturated rings. The zero-order valence-corrected chi connectivity index (χ0v) is 8.68. The van der Waals surface area contributed by atoms with Gasteiger partial charge in [-0.05, 0) is 0 Å². The number of aromatic nitrogens is 2. The van der Waals surface area contributed by atoms with Crippen molar-refractivity contribution in [2.24, 2.45) is 0 Å². The maximum atomic E-state index is 5.83. The van der Waals surface area contributed by atoms with E-state index in [0.29, 0.717) is 0 Å². The minimum absolute atomic E-state index is 0. The fourth-order valence-corrected chi connectivity index (χ4v) is 1.39. The van der Waals surface area contributed by atoms with Gasteiger partial charge in [-0.3, -0.25) is 0 Å². The summed E-state index contributed by atoms with van der Waals surface area (Å²) in [7, 11) is 0. The van der Waals surface area contributed by atoms with Crippen LogP contribution < -0.4 is 5.32 Å². The van der Waals surface area contributed by atoms with Crippen molar-refractivity contribution < 1.29 is 0 Å². The second-order valence-corrected chi connectivity index (χ2v) is 2.71. The summed E-state index contributed by atoms with van der Waals surface area (Å²) in [5.41, 5.74) is 0. The Morgan fingerprint density at radius 1 is 1.50 bits per heavy atom. The maximum absolute atomic E-state index is 5.83. The number of nitrogens with one attached hydrogen (secondary N) is 1. The molecular formula is C6H10Cl3N3. The molecule has 3 nitrogen and oxygen atoms in total. The molecule has 0 bridgehead atoms. The van der Waals surface area contributed by atoms with Crippen LogP contribution in [0.3, 0.4) is 0 Å². The number of hydrogen-bond donors (Lipinski definition) is 1. The van der Waals surface area contributed by atoms with Crippen LogP contribution in [0.1, 0.15) is 5.82 Å². The summed E-state index contributed by atoms with van der Waals surface area (Å²) in [5, 5.41) is 3.96. The molecular weight excluding hydrogens is 220 g/mol. The summed E-state index contributed by atoms with van der Waals surface area (Å²) >= 11 is 5.83. The summed E-state index contributed by atoms with van der Waals surface area (Å²) in [6, 6.07) is 0. The van der Waals surface area contributed by atoms with Crippen LogP contribution in [0.4, 0.5) is 0 Å². The molecule has 0 radical (unpaired) electrons. The normalized spacial score (nSPS) is 14.1. The van der Waals surface area contributed by atoms with Crippen LogP contribution >= 0.6 is 36.4 Å². The Balaban J connectivity index is 0.000000605. The summed E-state index contributed by atoms with van der Waals surface area (Å²) in [6.07, 6.45) is 1.70. The largest absolute Gasteiger partial charge is 0.317 e. The van der Waals surface area contributed by atoms with Crippen LogP contribution in [0.25, 0.3) is 0 Å². The van der Waals surface area contributed by atoms with Crippen molar-refractivity contribution in [2.45, 2.75) is 13.1 Å². The molecule has 6 heteroatoms. The zero-order valence-electron chi connectivity index (χ0n) is 6.29. The van der Waals surface area contributed by atoms with E-state index < -0.39 is 0 Å². The summed E-state index contributed by atoms with van der Waals surface area (Å²) < 4.78 is 2.03. The quantitative estimate of drug-likeness (QED) is 0.732. The first-order chi connectivity index (χ1) is 4.88. The van der Waals surface area contributed by atoms with Gasteiger partial charge in [0.25, 0.3) is 0 Å². The highest BCUT2D eigenvalue weighted by molar-refractivity contribution is 6.29. The van der Waals surface area contributed by atoms with Crippen molar-refractivity contribution in [3.05, 3.63) is 17.2 Å². The second kappa shape index (κ2) is 4.92. The lowest BCUT2D eigenvalue weighted by molar-refractivity contribution is 0.506. The van der Waals surface area contributed by atoms with Gasteiger partial charge in [-0.1, -0.05) is 11.6 Å².